The number of nitrogens with zero attached hydrogens (tertiary/aromatic N) is 4. The highest BCUT2D eigenvalue weighted by molar-refractivity contribution is 5.79. The lowest BCUT2D eigenvalue weighted by Crippen LogP contribution is -2.42. The summed E-state index contributed by atoms with van der Waals surface area (Å²) in [6, 6.07) is 13.0. The minimum absolute atomic E-state index is 0.627. The van der Waals surface area contributed by atoms with Gasteiger partial charge in [0, 0.05) is 18.7 Å². The maximum atomic E-state index is 10.5. The van der Waals surface area contributed by atoms with Crippen LogP contribution in [0, 0.1) is 5.92 Å². The van der Waals surface area contributed by atoms with Crippen LogP contribution in [0.1, 0.15) is 38.5 Å². The van der Waals surface area contributed by atoms with Crippen molar-refractivity contribution >= 4 is 11.5 Å². The average Bonchev–Trinajstić information content (AvgIpc) is 3.15. The van der Waals surface area contributed by atoms with Gasteiger partial charge in [0.2, 0.25) is 0 Å². The lowest BCUT2D eigenvalue weighted by atomic mass is 9.94. The first-order valence-electron chi connectivity index (χ1n) is 9.64. The predicted molar refractivity (Wildman–Crippen MR) is 105 cm³/mol. The maximum Gasteiger partial charge on any atom is 0.170 e. The molecule has 0 aliphatic carbocycles. The quantitative estimate of drug-likeness (QED) is 0.916. The van der Waals surface area contributed by atoms with Crippen LogP contribution in [0.15, 0.2) is 48.7 Å². The molecule has 0 radical (unpaired) electrons. The van der Waals surface area contributed by atoms with Crippen molar-refractivity contribution in [2.24, 2.45) is 5.92 Å². The Kier molecular flexibility index (Phi) is 4.83. The third-order valence-electron chi connectivity index (χ3n) is 5.66. The van der Waals surface area contributed by atoms with E-state index in [1.165, 1.54) is 25.9 Å². The normalized spacial score (nSPS) is 21.8. The number of hydrogen-bond acceptors (Lipinski definition) is 4. The molecule has 1 atom stereocenters. The first-order valence-corrected chi connectivity index (χ1v) is 9.64. The topological polar surface area (TPSA) is 44.5 Å². The van der Waals surface area contributed by atoms with E-state index in [1.54, 1.807) is 10.9 Å². The van der Waals surface area contributed by atoms with Gasteiger partial charge in [-0.3, -0.25) is 0 Å². The van der Waals surface area contributed by atoms with Crippen molar-refractivity contribution < 1.29 is 5.11 Å². The van der Waals surface area contributed by atoms with Gasteiger partial charge in [-0.25, -0.2) is 4.68 Å². The molecule has 2 aliphatic heterocycles. The monoisotopic (exact) mass is 352 g/mol. The summed E-state index contributed by atoms with van der Waals surface area (Å²) in [6.07, 6.45) is 5.41. The molecule has 1 N–H and O–H groups in total. The van der Waals surface area contributed by atoms with E-state index in [4.69, 9.17) is 0 Å². The zero-order valence-electron chi connectivity index (χ0n) is 15.6. The average molecular weight is 352 g/mol. The lowest BCUT2D eigenvalue weighted by Gasteiger charge is -2.39. The Morgan fingerprint density at radius 3 is 2.54 bits per heavy atom. The molecule has 138 valence electrons. The van der Waals surface area contributed by atoms with Gasteiger partial charge in [-0.15, -0.1) is 0 Å². The molecule has 4 rings (SSSR count). The fourth-order valence-corrected chi connectivity index (χ4v) is 4.11. The first kappa shape index (κ1) is 17.3. The molecule has 1 unspecified atom stereocenters. The molecular weight excluding hydrogens is 324 g/mol. The Balaban J connectivity index is 1.58. The van der Waals surface area contributed by atoms with Crippen molar-refractivity contribution in [3.05, 3.63) is 54.2 Å². The van der Waals surface area contributed by atoms with Crippen LogP contribution in [0.4, 0.5) is 5.82 Å². The molecule has 1 fully saturated rings. The van der Waals surface area contributed by atoms with E-state index in [0.717, 1.165) is 23.6 Å². The van der Waals surface area contributed by atoms with Crippen molar-refractivity contribution in [3.63, 3.8) is 0 Å². The number of aromatic nitrogens is 2. The second-order valence-corrected chi connectivity index (χ2v) is 7.65. The van der Waals surface area contributed by atoms with Crippen molar-refractivity contribution in [2.75, 3.05) is 24.5 Å². The standard InChI is InChI=1S/C21H28N4O/c1-16(2)23-12-9-17(10-13-23)15-24-19(18-6-4-3-5-7-18)14-21(26)25-20(24)8-11-22-25/h3-8,11,14,16-17,21,26H,9-10,12-13,15H2,1-2H3. The molecular formula is C21H28N4O. The number of benzene rings is 1. The number of anilines is 1. The van der Waals surface area contributed by atoms with E-state index in [1.807, 2.05) is 30.3 Å². The van der Waals surface area contributed by atoms with Gasteiger partial charge in [0.05, 0.1) is 11.9 Å². The maximum absolute atomic E-state index is 10.5. The van der Waals surface area contributed by atoms with E-state index in [0.29, 0.717) is 12.0 Å². The van der Waals surface area contributed by atoms with Gasteiger partial charge in [-0.05, 0) is 57.3 Å². The van der Waals surface area contributed by atoms with Gasteiger partial charge in [0.25, 0.3) is 0 Å². The van der Waals surface area contributed by atoms with Gasteiger partial charge >= 0.3 is 0 Å². The molecule has 5 heteroatoms. The lowest BCUT2D eigenvalue weighted by molar-refractivity contribution is 0.136. The van der Waals surface area contributed by atoms with Gasteiger partial charge in [0.1, 0.15) is 5.82 Å². The summed E-state index contributed by atoms with van der Waals surface area (Å²) in [6.45, 7) is 7.86. The summed E-state index contributed by atoms with van der Waals surface area (Å²) < 4.78 is 1.70. The van der Waals surface area contributed by atoms with Gasteiger partial charge in [-0.2, -0.15) is 5.10 Å². The van der Waals surface area contributed by atoms with E-state index < -0.39 is 6.23 Å². The Morgan fingerprint density at radius 1 is 1.12 bits per heavy atom. The molecule has 1 aromatic heterocycles. The third-order valence-corrected chi connectivity index (χ3v) is 5.66. The minimum atomic E-state index is -0.714. The Morgan fingerprint density at radius 2 is 1.85 bits per heavy atom. The number of fused-ring (bicyclic) bond motifs is 1. The van der Waals surface area contributed by atoms with Crippen LogP contribution in [-0.2, 0) is 0 Å². The van der Waals surface area contributed by atoms with Crippen LogP contribution >= 0.6 is 0 Å². The zero-order valence-corrected chi connectivity index (χ0v) is 15.6. The smallest absolute Gasteiger partial charge is 0.170 e. The molecule has 2 aliphatic rings. The molecule has 5 nitrogen and oxygen atoms in total. The highest BCUT2D eigenvalue weighted by atomic mass is 16.3. The molecule has 3 heterocycles. The largest absolute Gasteiger partial charge is 0.368 e. The number of likely N-dealkylation sites (tertiary alicyclic amines) is 1. The summed E-state index contributed by atoms with van der Waals surface area (Å²) in [5, 5.41) is 14.8. The summed E-state index contributed by atoms with van der Waals surface area (Å²) in [4.78, 5) is 4.90. The minimum Gasteiger partial charge on any atom is -0.368 e. The molecule has 2 aromatic rings. The summed E-state index contributed by atoms with van der Waals surface area (Å²) in [5.41, 5.74) is 2.22. The van der Waals surface area contributed by atoms with Crippen molar-refractivity contribution in [3.8, 4) is 0 Å². The zero-order chi connectivity index (χ0) is 18.1. The number of hydrogen-bond donors (Lipinski definition) is 1. The van der Waals surface area contributed by atoms with Crippen LogP contribution in [0.25, 0.3) is 5.70 Å². The van der Waals surface area contributed by atoms with E-state index in [2.05, 4.69) is 40.9 Å². The van der Waals surface area contributed by atoms with Crippen molar-refractivity contribution in [2.45, 2.75) is 39.0 Å². The SMILES string of the molecule is CC(C)N1CCC(CN2C(c3ccccc3)=CC(O)n3nccc32)CC1. The molecule has 0 saturated carbocycles. The second kappa shape index (κ2) is 7.25. The number of aliphatic hydroxyl groups excluding tert-OH is 1. The Bertz CT molecular complexity index is 759. The van der Waals surface area contributed by atoms with Crippen molar-refractivity contribution in [1.82, 2.24) is 14.7 Å². The fourth-order valence-electron chi connectivity index (χ4n) is 4.11. The summed E-state index contributed by atoms with van der Waals surface area (Å²) in [7, 11) is 0. The van der Waals surface area contributed by atoms with E-state index in [9.17, 15) is 5.11 Å². The van der Waals surface area contributed by atoms with Crippen LogP contribution in [0.2, 0.25) is 0 Å². The Labute approximate surface area is 155 Å². The van der Waals surface area contributed by atoms with E-state index in [-0.39, 0.29) is 0 Å². The van der Waals surface area contributed by atoms with Crippen LogP contribution in [0.5, 0.6) is 0 Å². The highest BCUT2D eigenvalue weighted by Crippen LogP contribution is 2.35. The molecule has 26 heavy (non-hydrogen) atoms. The number of aliphatic hydroxyl groups is 1. The Hall–Kier alpha value is -2.11. The first-order chi connectivity index (χ1) is 12.6. The van der Waals surface area contributed by atoms with Crippen molar-refractivity contribution in [1.29, 1.82) is 0 Å². The van der Waals surface area contributed by atoms with Crippen LogP contribution < -0.4 is 4.90 Å². The molecule has 0 spiro atoms. The summed E-state index contributed by atoms with van der Waals surface area (Å²) >= 11 is 0. The number of piperidine rings is 1. The fraction of sp³-hybridized carbons (Fsp3) is 0.476. The van der Waals surface area contributed by atoms with E-state index >= 15 is 0 Å². The molecule has 0 amide bonds. The highest BCUT2D eigenvalue weighted by Gasteiger charge is 2.30. The second-order valence-electron chi connectivity index (χ2n) is 7.65. The molecule has 1 saturated heterocycles. The number of rotatable bonds is 4. The van der Waals surface area contributed by atoms with Gasteiger partial charge in [-0.1, -0.05) is 30.3 Å². The summed E-state index contributed by atoms with van der Waals surface area (Å²) in [5.74, 6) is 1.63. The third kappa shape index (κ3) is 3.29. The molecule has 1 aromatic carbocycles. The van der Waals surface area contributed by atoms with Crippen LogP contribution in [0.3, 0.4) is 0 Å². The predicted octanol–water partition coefficient (Wildman–Crippen LogP) is 3.36. The molecule has 0 bridgehead atoms. The van der Waals surface area contributed by atoms with Gasteiger partial charge in [0.15, 0.2) is 6.23 Å². The van der Waals surface area contributed by atoms with Crippen LogP contribution in [-0.4, -0.2) is 45.5 Å². The van der Waals surface area contributed by atoms with Gasteiger partial charge < -0.3 is 14.9 Å².